The number of H-pyrrole nitrogens is 1. The highest BCUT2D eigenvalue weighted by Gasteiger charge is 2.19. The van der Waals surface area contributed by atoms with Crippen LogP contribution in [0, 0.1) is 0 Å². The minimum absolute atomic E-state index is 0.0131. The lowest BCUT2D eigenvalue weighted by molar-refractivity contribution is -0.129. The van der Waals surface area contributed by atoms with Crippen molar-refractivity contribution < 1.29 is 9.53 Å². The van der Waals surface area contributed by atoms with Crippen molar-refractivity contribution in [3.05, 3.63) is 34.6 Å². The van der Waals surface area contributed by atoms with E-state index in [1.807, 2.05) is 6.92 Å². The summed E-state index contributed by atoms with van der Waals surface area (Å²) in [7, 11) is 3.30. The number of hydrogen-bond acceptors (Lipinski definition) is 5. The van der Waals surface area contributed by atoms with Crippen LogP contribution in [0.1, 0.15) is 24.2 Å². The normalized spacial score (nSPS) is 12.0. The highest BCUT2D eigenvalue weighted by molar-refractivity contribution is 6.31. The molecular formula is C14H18ClN5O2. The monoisotopic (exact) mass is 323 g/mol. The number of benzene rings is 1. The van der Waals surface area contributed by atoms with Gasteiger partial charge in [0.25, 0.3) is 0 Å². The molecule has 0 unspecified atom stereocenters. The van der Waals surface area contributed by atoms with Gasteiger partial charge in [-0.15, -0.1) is 10.2 Å². The average molecular weight is 324 g/mol. The number of nitrogens with one attached hydrogen (secondary N) is 1. The van der Waals surface area contributed by atoms with E-state index in [2.05, 4.69) is 20.6 Å². The fourth-order valence-electron chi connectivity index (χ4n) is 2.16. The second-order valence-corrected chi connectivity index (χ2v) is 5.45. The van der Waals surface area contributed by atoms with Crippen LogP contribution in [0.4, 0.5) is 0 Å². The zero-order valence-electron chi connectivity index (χ0n) is 12.7. The molecule has 0 aliphatic rings. The van der Waals surface area contributed by atoms with E-state index in [-0.39, 0.29) is 18.2 Å². The number of ether oxygens (including phenoxy) is 1. The van der Waals surface area contributed by atoms with Crippen molar-refractivity contribution in [2.24, 2.45) is 0 Å². The number of nitrogens with zero attached hydrogens (tertiary/aromatic N) is 4. The number of carbonyl (C=O) groups is 1. The summed E-state index contributed by atoms with van der Waals surface area (Å²) in [6.45, 7) is 2.43. The first-order valence-corrected chi connectivity index (χ1v) is 7.19. The SMILES string of the molecule is COc1cccc(Cl)c1CC(=O)N(C)C[C@@H](C)c1nn[nH]n1. The molecule has 0 spiro atoms. The van der Waals surface area contributed by atoms with Gasteiger partial charge >= 0.3 is 0 Å². The highest BCUT2D eigenvalue weighted by Crippen LogP contribution is 2.27. The maximum absolute atomic E-state index is 12.4. The van der Waals surface area contributed by atoms with Gasteiger partial charge in [0.1, 0.15) is 5.75 Å². The number of aromatic nitrogens is 4. The molecular weight excluding hydrogens is 306 g/mol. The minimum Gasteiger partial charge on any atom is -0.496 e. The third-order valence-electron chi connectivity index (χ3n) is 3.40. The average Bonchev–Trinajstić information content (AvgIpc) is 3.03. The number of carbonyl (C=O) groups excluding carboxylic acids is 1. The fraction of sp³-hybridized carbons (Fsp3) is 0.429. The summed E-state index contributed by atoms with van der Waals surface area (Å²) in [5, 5.41) is 14.3. The predicted octanol–water partition coefficient (Wildman–Crippen LogP) is 1.67. The number of tetrazole rings is 1. The molecule has 2 rings (SSSR count). The Morgan fingerprint density at radius 3 is 2.91 bits per heavy atom. The van der Waals surface area contributed by atoms with Crippen LogP contribution >= 0.6 is 11.6 Å². The van der Waals surface area contributed by atoms with Crippen molar-refractivity contribution in [1.82, 2.24) is 25.5 Å². The molecule has 0 aliphatic carbocycles. The first-order valence-electron chi connectivity index (χ1n) is 6.81. The zero-order valence-corrected chi connectivity index (χ0v) is 13.5. The van der Waals surface area contributed by atoms with Crippen molar-refractivity contribution in [3.8, 4) is 5.75 Å². The van der Waals surface area contributed by atoms with Crippen LogP contribution in [0.15, 0.2) is 18.2 Å². The lowest BCUT2D eigenvalue weighted by atomic mass is 10.1. The van der Waals surface area contributed by atoms with Crippen molar-refractivity contribution in [3.63, 3.8) is 0 Å². The van der Waals surface area contributed by atoms with E-state index >= 15 is 0 Å². The van der Waals surface area contributed by atoms with E-state index in [4.69, 9.17) is 16.3 Å². The molecule has 118 valence electrons. The van der Waals surface area contributed by atoms with Gasteiger partial charge in [0.2, 0.25) is 5.91 Å². The van der Waals surface area contributed by atoms with Gasteiger partial charge in [-0.25, -0.2) is 0 Å². The molecule has 0 saturated carbocycles. The smallest absolute Gasteiger partial charge is 0.226 e. The van der Waals surface area contributed by atoms with E-state index in [0.717, 1.165) is 0 Å². The number of aromatic amines is 1. The van der Waals surface area contributed by atoms with Gasteiger partial charge in [0.15, 0.2) is 5.82 Å². The van der Waals surface area contributed by atoms with Crippen LogP contribution in [0.5, 0.6) is 5.75 Å². The van der Waals surface area contributed by atoms with Gasteiger partial charge in [-0.3, -0.25) is 4.79 Å². The van der Waals surface area contributed by atoms with Gasteiger partial charge in [-0.1, -0.05) is 29.8 Å². The van der Waals surface area contributed by atoms with Gasteiger partial charge in [-0.2, -0.15) is 5.21 Å². The Balaban J connectivity index is 2.03. The molecule has 2 aromatic rings. The number of amides is 1. The molecule has 8 heteroatoms. The van der Waals surface area contributed by atoms with Crippen LogP contribution in [-0.4, -0.2) is 52.1 Å². The fourth-order valence-corrected chi connectivity index (χ4v) is 2.39. The van der Waals surface area contributed by atoms with E-state index in [0.29, 0.717) is 28.7 Å². The van der Waals surface area contributed by atoms with Crippen LogP contribution in [0.25, 0.3) is 0 Å². The number of hydrogen-bond donors (Lipinski definition) is 1. The molecule has 1 aromatic carbocycles. The Morgan fingerprint density at radius 2 is 2.27 bits per heavy atom. The van der Waals surface area contributed by atoms with Crippen LogP contribution < -0.4 is 4.74 Å². The lowest BCUT2D eigenvalue weighted by Gasteiger charge is -2.20. The molecule has 0 radical (unpaired) electrons. The zero-order chi connectivity index (χ0) is 16.1. The first kappa shape index (κ1) is 16.2. The van der Waals surface area contributed by atoms with E-state index < -0.39 is 0 Å². The third kappa shape index (κ3) is 3.73. The molecule has 0 saturated heterocycles. The molecule has 1 N–H and O–H groups in total. The Labute approximate surface area is 133 Å². The second kappa shape index (κ2) is 7.22. The van der Waals surface area contributed by atoms with Crippen molar-refractivity contribution in [2.45, 2.75) is 19.3 Å². The quantitative estimate of drug-likeness (QED) is 0.874. The Bertz CT molecular complexity index is 632. The molecule has 0 aliphatic heterocycles. The molecule has 0 fully saturated rings. The number of halogens is 1. The summed E-state index contributed by atoms with van der Waals surface area (Å²) in [5.74, 6) is 1.12. The van der Waals surface area contributed by atoms with Gasteiger partial charge in [-0.05, 0) is 12.1 Å². The van der Waals surface area contributed by atoms with Gasteiger partial charge in [0, 0.05) is 30.1 Å². The minimum atomic E-state index is -0.0539. The third-order valence-corrected chi connectivity index (χ3v) is 3.75. The summed E-state index contributed by atoms with van der Waals surface area (Å²) < 4.78 is 5.26. The molecule has 1 aromatic heterocycles. The topological polar surface area (TPSA) is 84.0 Å². The van der Waals surface area contributed by atoms with Gasteiger partial charge < -0.3 is 9.64 Å². The number of methoxy groups -OCH3 is 1. The largest absolute Gasteiger partial charge is 0.496 e. The Hall–Kier alpha value is -2.15. The summed E-state index contributed by atoms with van der Waals surface area (Å²) in [6.07, 6.45) is 0.179. The molecule has 22 heavy (non-hydrogen) atoms. The summed E-state index contributed by atoms with van der Waals surface area (Å²) in [6, 6.07) is 5.32. The number of rotatable bonds is 6. The van der Waals surface area contributed by atoms with Crippen molar-refractivity contribution >= 4 is 17.5 Å². The van der Waals surface area contributed by atoms with E-state index in [1.165, 1.54) is 0 Å². The summed E-state index contributed by atoms with van der Waals surface area (Å²) >= 11 is 6.16. The van der Waals surface area contributed by atoms with Crippen molar-refractivity contribution in [2.75, 3.05) is 20.7 Å². The van der Waals surface area contributed by atoms with Crippen molar-refractivity contribution in [1.29, 1.82) is 0 Å². The van der Waals surface area contributed by atoms with Crippen LogP contribution in [0.2, 0.25) is 5.02 Å². The molecule has 0 bridgehead atoms. The predicted molar refractivity (Wildman–Crippen MR) is 81.9 cm³/mol. The van der Waals surface area contributed by atoms with E-state index in [1.54, 1.807) is 37.3 Å². The Morgan fingerprint density at radius 1 is 1.50 bits per heavy atom. The second-order valence-electron chi connectivity index (χ2n) is 5.04. The maximum Gasteiger partial charge on any atom is 0.226 e. The summed E-state index contributed by atoms with van der Waals surface area (Å²) in [5.41, 5.74) is 0.690. The highest BCUT2D eigenvalue weighted by atomic mass is 35.5. The number of likely N-dealkylation sites (N-methyl/N-ethyl adjacent to an activating group) is 1. The van der Waals surface area contributed by atoms with Gasteiger partial charge in [0.05, 0.1) is 13.5 Å². The molecule has 1 atom stereocenters. The molecule has 1 amide bonds. The van der Waals surface area contributed by atoms with Crippen LogP contribution in [-0.2, 0) is 11.2 Å². The van der Waals surface area contributed by atoms with E-state index in [9.17, 15) is 4.79 Å². The lowest BCUT2D eigenvalue weighted by Crippen LogP contribution is -2.32. The molecule has 1 heterocycles. The summed E-state index contributed by atoms with van der Waals surface area (Å²) in [4.78, 5) is 14.0. The maximum atomic E-state index is 12.4. The Kier molecular flexibility index (Phi) is 5.32. The first-order chi connectivity index (χ1) is 10.5. The standard InChI is InChI=1S/C14H18ClN5O2/c1-9(14-16-18-19-17-14)8-20(2)13(21)7-10-11(15)5-4-6-12(10)22-3/h4-6,9H,7-8H2,1-3H3,(H,16,17,18,19)/t9-/m1/s1. The molecule has 7 nitrogen and oxygen atoms in total. The van der Waals surface area contributed by atoms with Crippen LogP contribution in [0.3, 0.4) is 0 Å².